The van der Waals surface area contributed by atoms with E-state index in [9.17, 15) is 23.2 Å². The van der Waals surface area contributed by atoms with Crippen LogP contribution in [0.25, 0.3) is 11.5 Å². The first-order valence-electron chi connectivity index (χ1n) is 9.47. The Labute approximate surface area is 189 Å². The molecule has 13 heteroatoms. The van der Waals surface area contributed by atoms with Gasteiger partial charge in [0, 0.05) is 0 Å². The maximum absolute atomic E-state index is 14.0. The van der Waals surface area contributed by atoms with Gasteiger partial charge in [-0.05, 0) is 36.8 Å². The molecular weight excluding hydrogens is 451 g/mol. The van der Waals surface area contributed by atoms with Gasteiger partial charge in [-0.1, -0.05) is 0 Å². The molecule has 0 saturated heterocycles. The number of carbonyl (C=O) groups is 1. The highest BCUT2D eigenvalue weighted by Crippen LogP contribution is 2.34. The van der Waals surface area contributed by atoms with E-state index in [1.807, 2.05) is 12.1 Å². The third-order valence-corrected chi connectivity index (χ3v) is 4.69. The number of carbonyl (C=O) groups excluding carboxylic acids is 1. The van der Waals surface area contributed by atoms with Crippen molar-refractivity contribution in [3.63, 3.8) is 0 Å². The highest BCUT2D eigenvalue weighted by atomic mass is 19.4. The number of halogens is 3. The van der Waals surface area contributed by atoms with E-state index >= 15 is 0 Å². The lowest BCUT2D eigenvalue weighted by Crippen LogP contribution is -2.21. The fraction of sp³-hybridized carbons (Fsp3) is 0.0952. The van der Waals surface area contributed by atoms with E-state index in [4.69, 9.17) is 5.26 Å². The van der Waals surface area contributed by atoms with Crippen LogP contribution < -0.4 is 5.32 Å². The van der Waals surface area contributed by atoms with Crippen LogP contribution in [0.15, 0.2) is 49.1 Å². The number of nitriles is 2. The molecule has 10 nitrogen and oxygen atoms in total. The maximum atomic E-state index is 14.0. The third kappa shape index (κ3) is 4.05. The Morgan fingerprint density at radius 2 is 1.79 bits per heavy atom. The Hall–Kier alpha value is -5.04. The molecule has 1 N–H and O–H groups in total. The number of hydrogen-bond donors (Lipinski definition) is 1. The van der Waals surface area contributed by atoms with E-state index < -0.39 is 23.3 Å². The molecular formula is C21H12F3N9O. The second-order valence-electron chi connectivity index (χ2n) is 6.91. The molecule has 34 heavy (non-hydrogen) atoms. The summed E-state index contributed by atoms with van der Waals surface area (Å²) in [5.74, 6) is -1.01. The largest absolute Gasteiger partial charge is 0.434 e. The summed E-state index contributed by atoms with van der Waals surface area (Å²) < 4.78 is 42.5. The van der Waals surface area contributed by atoms with Crippen molar-refractivity contribution in [3.8, 4) is 23.6 Å². The molecule has 168 valence electrons. The van der Waals surface area contributed by atoms with Crippen LogP contribution in [0.5, 0.6) is 0 Å². The van der Waals surface area contributed by atoms with E-state index in [2.05, 4.69) is 25.6 Å². The monoisotopic (exact) mass is 463 g/mol. The third-order valence-electron chi connectivity index (χ3n) is 4.69. The molecule has 0 spiro atoms. The first kappa shape index (κ1) is 22.2. The van der Waals surface area contributed by atoms with Crippen LogP contribution in [0.1, 0.15) is 32.7 Å². The number of rotatable bonds is 4. The van der Waals surface area contributed by atoms with Crippen LogP contribution in [0, 0.1) is 29.6 Å². The summed E-state index contributed by atoms with van der Waals surface area (Å²) in [5, 5.41) is 32.2. The van der Waals surface area contributed by atoms with E-state index in [1.54, 1.807) is 0 Å². The zero-order valence-electron chi connectivity index (χ0n) is 17.2. The van der Waals surface area contributed by atoms with Gasteiger partial charge in [0.1, 0.15) is 11.6 Å². The second kappa shape index (κ2) is 8.48. The lowest BCUT2D eigenvalue weighted by atomic mass is 10.1. The van der Waals surface area contributed by atoms with E-state index in [0.29, 0.717) is 10.2 Å². The van der Waals surface area contributed by atoms with Crippen molar-refractivity contribution in [2.75, 3.05) is 5.32 Å². The summed E-state index contributed by atoms with van der Waals surface area (Å²) in [4.78, 5) is 17.9. The number of aromatic nitrogens is 6. The molecule has 4 rings (SSSR count). The maximum Gasteiger partial charge on any atom is 0.434 e. The molecule has 1 amide bonds. The number of nitrogens with one attached hydrogen (secondary N) is 1. The van der Waals surface area contributed by atoms with Gasteiger partial charge in [0.25, 0.3) is 5.91 Å². The molecule has 0 saturated carbocycles. The molecule has 0 fully saturated rings. The van der Waals surface area contributed by atoms with Gasteiger partial charge in [-0.25, -0.2) is 9.67 Å². The van der Waals surface area contributed by atoms with E-state index in [1.165, 1.54) is 49.8 Å². The molecule has 0 atom stereocenters. The molecule has 3 aromatic heterocycles. The zero-order valence-corrected chi connectivity index (χ0v) is 17.2. The number of nitrogens with zero attached hydrogens (tertiary/aromatic N) is 8. The van der Waals surface area contributed by atoms with E-state index in [-0.39, 0.29) is 28.3 Å². The Morgan fingerprint density at radius 3 is 2.41 bits per heavy atom. The summed E-state index contributed by atoms with van der Waals surface area (Å²) in [5.41, 5.74) is -1.33. The number of alkyl halides is 3. The minimum atomic E-state index is -4.92. The topological polar surface area (TPSA) is 138 Å². The molecule has 0 aliphatic heterocycles. The molecule has 0 aliphatic rings. The average molecular weight is 463 g/mol. The Bertz CT molecular complexity index is 1470. The highest BCUT2D eigenvalue weighted by molar-refractivity contribution is 6.05. The summed E-state index contributed by atoms with van der Waals surface area (Å²) >= 11 is 0. The number of pyridine rings is 1. The standard InChI is InChI=1S/C21H12F3N9O/c1-12-6-13(8-25)2-3-17(12)32-18(21(22,23)24)16(11-30-32)20(34)31-15-7-14(9-26)19(27-10-15)33-28-4-5-29-33/h2-7,10-11H,1H3,(H,31,34). The Morgan fingerprint density at radius 1 is 1.06 bits per heavy atom. The molecule has 0 radical (unpaired) electrons. The van der Waals surface area contributed by atoms with Crippen LogP contribution >= 0.6 is 0 Å². The van der Waals surface area contributed by atoms with Gasteiger partial charge >= 0.3 is 6.18 Å². The van der Waals surface area contributed by atoms with Crippen molar-refractivity contribution >= 4 is 11.6 Å². The summed E-state index contributed by atoms with van der Waals surface area (Å²) in [6.07, 6.45) is -0.194. The molecule has 0 aliphatic carbocycles. The van der Waals surface area contributed by atoms with Gasteiger partial charge in [0.15, 0.2) is 11.5 Å². The summed E-state index contributed by atoms with van der Waals surface area (Å²) in [6.45, 7) is 1.53. The van der Waals surface area contributed by atoms with Gasteiger partial charge in [-0.15, -0.1) is 4.80 Å². The summed E-state index contributed by atoms with van der Waals surface area (Å²) in [7, 11) is 0. The lowest BCUT2D eigenvalue weighted by Gasteiger charge is -2.14. The molecule has 4 aromatic rings. The van der Waals surface area contributed by atoms with E-state index in [0.717, 1.165) is 11.0 Å². The SMILES string of the molecule is Cc1cc(C#N)ccc1-n1ncc(C(=O)Nc2cnc(-n3nccn3)c(C#N)c2)c1C(F)(F)F. The predicted octanol–water partition coefficient (Wildman–Crippen LogP) is 3.17. The first-order valence-corrected chi connectivity index (χ1v) is 9.47. The van der Waals surface area contributed by atoms with Crippen molar-refractivity contribution in [1.82, 2.24) is 29.8 Å². The molecule has 1 aromatic carbocycles. The van der Waals surface area contributed by atoms with Crippen LogP contribution in [0.2, 0.25) is 0 Å². The Balaban J connectivity index is 1.71. The van der Waals surface area contributed by atoms with Crippen molar-refractivity contribution < 1.29 is 18.0 Å². The molecule has 3 heterocycles. The number of anilines is 1. The zero-order chi connectivity index (χ0) is 24.5. The van der Waals surface area contributed by atoms with Crippen LogP contribution in [-0.4, -0.2) is 35.7 Å². The number of aryl methyl sites for hydroxylation is 1. The fourth-order valence-corrected chi connectivity index (χ4v) is 3.22. The minimum absolute atomic E-state index is 0.00560. The van der Waals surface area contributed by atoms with Crippen LogP contribution in [0.3, 0.4) is 0 Å². The van der Waals surface area contributed by atoms with Gasteiger partial charge in [-0.3, -0.25) is 4.79 Å². The van der Waals surface area contributed by atoms with Gasteiger partial charge in [0.05, 0.1) is 53.4 Å². The predicted molar refractivity (Wildman–Crippen MR) is 110 cm³/mol. The van der Waals surface area contributed by atoms with Crippen molar-refractivity contribution in [2.24, 2.45) is 0 Å². The van der Waals surface area contributed by atoms with Crippen molar-refractivity contribution in [1.29, 1.82) is 10.5 Å². The highest BCUT2D eigenvalue weighted by Gasteiger charge is 2.41. The smallest absolute Gasteiger partial charge is 0.320 e. The normalized spacial score (nSPS) is 11.0. The second-order valence-corrected chi connectivity index (χ2v) is 6.91. The first-order chi connectivity index (χ1) is 16.2. The quantitative estimate of drug-likeness (QED) is 0.490. The number of hydrogen-bond acceptors (Lipinski definition) is 7. The van der Waals surface area contributed by atoms with Gasteiger partial charge in [-0.2, -0.15) is 39.0 Å². The van der Waals surface area contributed by atoms with Gasteiger partial charge < -0.3 is 5.32 Å². The summed E-state index contributed by atoms with van der Waals surface area (Å²) in [6, 6.07) is 9.13. The minimum Gasteiger partial charge on any atom is -0.320 e. The Kier molecular flexibility index (Phi) is 5.53. The van der Waals surface area contributed by atoms with Crippen molar-refractivity contribution in [2.45, 2.75) is 13.1 Å². The van der Waals surface area contributed by atoms with Crippen LogP contribution in [0.4, 0.5) is 18.9 Å². The number of amides is 1. The fourth-order valence-electron chi connectivity index (χ4n) is 3.22. The number of benzene rings is 1. The lowest BCUT2D eigenvalue weighted by molar-refractivity contribution is -0.143. The van der Waals surface area contributed by atoms with Crippen LogP contribution in [-0.2, 0) is 6.18 Å². The molecule has 0 unspecified atom stereocenters. The average Bonchev–Trinajstić information content (AvgIpc) is 3.49. The molecule has 0 bridgehead atoms. The van der Waals surface area contributed by atoms with Crippen molar-refractivity contribution in [3.05, 3.63) is 77.0 Å². The van der Waals surface area contributed by atoms with Gasteiger partial charge in [0.2, 0.25) is 0 Å².